The highest BCUT2D eigenvalue weighted by Crippen LogP contribution is 2.05. The van der Waals surface area contributed by atoms with Gasteiger partial charge in [-0.05, 0) is 32.2 Å². The van der Waals surface area contributed by atoms with Gasteiger partial charge < -0.3 is 15.1 Å². The van der Waals surface area contributed by atoms with E-state index in [9.17, 15) is 4.79 Å². The molecule has 0 aromatic rings. The molecule has 0 radical (unpaired) electrons. The fraction of sp³-hybridized carbons (Fsp3) is 0.938. The Morgan fingerprint density at radius 1 is 1.05 bits per heavy atom. The summed E-state index contributed by atoms with van der Waals surface area (Å²) < 4.78 is 0. The number of carbonyl (C=O) groups excluding carboxylic acids is 1. The molecule has 1 amide bonds. The van der Waals surface area contributed by atoms with E-state index in [4.69, 9.17) is 0 Å². The fourth-order valence-corrected chi connectivity index (χ4v) is 2.65. The highest BCUT2D eigenvalue weighted by Gasteiger charge is 2.12. The maximum atomic E-state index is 12.1. The standard InChI is InChI=1S/C16H33N3O/c1-3-5-12-19(16(20)8-4-2)13-7-6-11-18-14-9-17-10-15-18/h17H,3-15H2,1-2H3. The maximum absolute atomic E-state index is 12.1. The first-order valence-corrected chi connectivity index (χ1v) is 8.48. The van der Waals surface area contributed by atoms with Gasteiger partial charge >= 0.3 is 0 Å². The minimum atomic E-state index is 0.350. The minimum absolute atomic E-state index is 0.350. The van der Waals surface area contributed by atoms with Gasteiger partial charge in [0.15, 0.2) is 0 Å². The van der Waals surface area contributed by atoms with Crippen LogP contribution in [0.4, 0.5) is 0 Å². The van der Waals surface area contributed by atoms with Gasteiger partial charge in [0.25, 0.3) is 0 Å². The van der Waals surface area contributed by atoms with Crippen LogP contribution in [0.5, 0.6) is 0 Å². The average molecular weight is 283 g/mol. The molecule has 1 fully saturated rings. The van der Waals surface area contributed by atoms with Crippen molar-refractivity contribution in [3.05, 3.63) is 0 Å². The van der Waals surface area contributed by atoms with E-state index in [-0.39, 0.29) is 0 Å². The highest BCUT2D eigenvalue weighted by molar-refractivity contribution is 5.76. The molecule has 1 aliphatic heterocycles. The number of rotatable bonds is 10. The number of hydrogen-bond donors (Lipinski definition) is 1. The van der Waals surface area contributed by atoms with Crippen molar-refractivity contribution >= 4 is 5.91 Å². The lowest BCUT2D eigenvalue weighted by Crippen LogP contribution is -2.43. The lowest BCUT2D eigenvalue weighted by atomic mass is 10.2. The van der Waals surface area contributed by atoms with Crippen molar-refractivity contribution in [2.45, 2.75) is 52.4 Å². The number of nitrogens with one attached hydrogen (secondary N) is 1. The van der Waals surface area contributed by atoms with Gasteiger partial charge in [0, 0.05) is 45.7 Å². The molecule has 1 aliphatic rings. The minimum Gasteiger partial charge on any atom is -0.343 e. The van der Waals surface area contributed by atoms with Crippen molar-refractivity contribution in [3.8, 4) is 0 Å². The van der Waals surface area contributed by atoms with Crippen LogP contribution in [0.2, 0.25) is 0 Å². The zero-order chi connectivity index (χ0) is 14.6. The zero-order valence-corrected chi connectivity index (χ0v) is 13.5. The van der Waals surface area contributed by atoms with Crippen LogP contribution in [-0.4, -0.2) is 61.5 Å². The number of amides is 1. The van der Waals surface area contributed by atoms with Crippen LogP contribution in [0.1, 0.15) is 52.4 Å². The molecule has 0 atom stereocenters. The largest absolute Gasteiger partial charge is 0.343 e. The Labute approximate surface area is 124 Å². The van der Waals surface area contributed by atoms with Gasteiger partial charge in [0.05, 0.1) is 0 Å². The van der Waals surface area contributed by atoms with E-state index in [0.717, 1.165) is 51.9 Å². The maximum Gasteiger partial charge on any atom is 0.222 e. The predicted octanol–water partition coefficient (Wildman–Crippen LogP) is 2.10. The summed E-state index contributed by atoms with van der Waals surface area (Å²) in [6.45, 7) is 11.9. The third kappa shape index (κ3) is 7.25. The van der Waals surface area contributed by atoms with Crippen LogP contribution < -0.4 is 5.32 Å². The lowest BCUT2D eigenvalue weighted by Gasteiger charge is -2.28. The van der Waals surface area contributed by atoms with Gasteiger partial charge in [-0.25, -0.2) is 0 Å². The molecule has 0 aromatic heterocycles. The van der Waals surface area contributed by atoms with Crippen LogP contribution in [0.25, 0.3) is 0 Å². The molecule has 1 saturated heterocycles. The third-order valence-corrected chi connectivity index (χ3v) is 3.96. The van der Waals surface area contributed by atoms with Gasteiger partial charge in [-0.3, -0.25) is 4.79 Å². The van der Waals surface area contributed by atoms with Gasteiger partial charge in [0.1, 0.15) is 0 Å². The lowest BCUT2D eigenvalue weighted by molar-refractivity contribution is -0.131. The second-order valence-electron chi connectivity index (χ2n) is 5.78. The SMILES string of the molecule is CCCCN(CCCCN1CCNCC1)C(=O)CCC. The van der Waals surface area contributed by atoms with Crippen LogP contribution in [0.3, 0.4) is 0 Å². The Kier molecular flexibility index (Phi) is 9.67. The van der Waals surface area contributed by atoms with Crippen molar-refractivity contribution < 1.29 is 4.79 Å². The monoisotopic (exact) mass is 283 g/mol. The average Bonchev–Trinajstić information content (AvgIpc) is 2.47. The Hall–Kier alpha value is -0.610. The van der Waals surface area contributed by atoms with E-state index in [1.54, 1.807) is 0 Å². The van der Waals surface area contributed by atoms with E-state index < -0.39 is 0 Å². The summed E-state index contributed by atoms with van der Waals surface area (Å²) in [5.41, 5.74) is 0. The van der Waals surface area contributed by atoms with Gasteiger partial charge in [-0.2, -0.15) is 0 Å². The number of unbranched alkanes of at least 4 members (excludes halogenated alkanes) is 2. The Morgan fingerprint density at radius 3 is 2.40 bits per heavy atom. The quantitative estimate of drug-likeness (QED) is 0.624. The summed E-state index contributed by atoms with van der Waals surface area (Å²) in [6, 6.07) is 0. The molecule has 4 nitrogen and oxygen atoms in total. The first-order chi connectivity index (χ1) is 9.77. The van der Waals surface area contributed by atoms with Gasteiger partial charge in [0.2, 0.25) is 5.91 Å². The van der Waals surface area contributed by atoms with Gasteiger partial charge in [-0.1, -0.05) is 20.3 Å². The molecule has 1 rings (SSSR count). The summed E-state index contributed by atoms with van der Waals surface area (Å²) in [5.74, 6) is 0.350. The highest BCUT2D eigenvalue weighted by atomic mass is 16.2. The zero-order valence-electron chi connectivity index (χ0n) is 13.5. The van der Waals surface area contributed by atoms with Crippen LogP contribution in [0.15, 0.2) is 0 Å². The molecule has 0 spiro atoms. The Bertz CT molecular complexity index is 252. The Balaban J connectivity index is 2.17. The molecule has 0 saturated carbocycles. The molecular weight excluding hydrogens is 250 g/mol. The normalized spacial score (nSPS) is 16.3. The topological polar surface area (TPSA) is 35.6 Å². The molecular formula is C16H33N3O. The fourth-order valence-electron chi connectivity index (χ4n) is 2.65. The third-order valence-electron chi connectivity index (χ3n) is 3.96. The summed E-state index contributed by atoms with van der Waals surface area (Å²) in [6.07, 6.45) is 6.32. The first-order valence-electron chi connectivity index (χ1n) is 8.48. The number of hydrogen-bond acceptors (Lipinski definition) is 3. The first kappa shape index (κ1) is 17.4. The van der Waals surface area contributed by atoms with Crippen molar-refractivity contribution in [1.29, 1.82) is 0 Å². The molecule has 1 N–H and O–H groups in total. The summed E-state index contributed by atoms with van der Waals surface area (Å²) >= 11 is 0. The van der Waals surface area contributed by atoms with Crippen molar-refractivity contribution in [1.82, 2.24) is 15.1 Å². The van der Waals surface area contributed by atoms with Gasteiger partial charge in [-0.15, -0.1) is 0 Å². The number of carbonyl (C=O) groups is 1. The van der Waals surface area contributed by atoms with E-state index in [1.807, 2.05) is 0 Å². The van der Waals surface area contributed by atoms with E-state index >= 15 is 0 Å². The molecule has 0 aliphatic carbocycles. The molecule has 4 heteroatoms. The second kappa shape index (κ2) is 11.1. The molecule has 20 heavy (non-hydrogen) atoms. The van der Waals surface area contributed by atoms with Crippen LogP contribution in [-0.2, 0) is 4.79 Å². The van der Waals surface area contributed by atoms with Crippen molar-refractivity contribution in [2.24, 2.45) is 0 Å². The molecule has 1 heterocycles. The summed E-state index contributed by atoms with van der Waals surface area (Å²) in [4.78, 5) is 16.7. The van der Waals surface area contributed by atoms with Crippen molar-refractivity contribution in [2.75, 3.05) is 45.8 Å². The molecule has 0 aromatic carbocycles. The summed E-state index contributed by atoms with van der Waals surface area (Å²) in [7, 11) is 0. The summed E-state index contributed by atoms with van der Waals surface area (Å²) in [5, 5.41) is 3.38. The van der Waals surface area contributed by atoms with E-state index in [1.165, 1.54) is 26.1 Å². The Morgan fingerprint density at radius 2 is 1.75 bits per heavy atom. The smallest absolute Gasteiger partial charge is 0.222 e. The molecule has 0 bridgehead atoms. The van der Waals surface area contributed by atoms with E-state index in [0.29, 0.717) is 12.3 Å². The predicted molar refractivity (Wildman–Crippen MR) is 84.9 cm³/mol. The number of piperazine rings is 1. The van der Waals surface area contributed by atoms with Crippen LogP contribution in [0, 0.1) is 0 Å². The second-order valence-corrected chi connectivity index (χ2v) is 5.78. The van der Waals surface area contributed by atoms with E-state index in [2.05, 4.69) is 29.0 Å². The van der Waals surface area contributed by atoms with Crippen molar-refractivity contribution in [3.63, 3.8) is 0 Å². The van der Waals surface area contributed by atoms with Crippen LogP contribution >= 0.6 is 0 Å². The number of nitrogens with zero attached hydrogens (tertiary/aromatic N) is 2. The molecule has 118 valence electrons. The molecule has 0 unspecified atom stereocenters.